The molecule has 1 heterocycles. The van der Waals surface area contributed by atoms with Crippen LogP contribution < -0.4 is 16.2 Å². The maximum Gasteiger partial charge on any atom is 0.276 e. The second-order valence-corrected chi connectivity index (χ2v) is 6.08. The number of halogens is 1. The van der Waals surface area contributed by atoms with Gasteiger partial charge in [0, 0.05) is 25.3 Å². The van der Waals surface area contributed by atoms with Gasteiger partial charge in [-0.2, -0.15) is 5.10 Å². The summed E-state index contributed by atoms with van der Waals surface area (Å²) in [5, 5.41) is 10.4. The Balaban J connectivity index is 1.67. The van der Waals surface area contributed by atoms with Crippen LogP contribution >= 0.6 is 11.6 Å². The SMILES string of the molecule is Cn1nc(C(=O)Nc2ccc(NCc3ccccc3)c(Cl)c2)ccc1=O. The molecule has 0 radical (unpaired) electrons. The maximum atomic E-state index is 12.2. The minimum absolute atomic E-state index is 0.148. The molecular formula is C19H17ClN4O2. The summed E-state index contributed by atoms with van der Waals surface area (Å²) in [6, 6.07) is 17.9. The number of aromatic nitrogens is 2. The molecule has 0 unspecified atom stereocenters. The second kappa shape index (κ2) is 7.84. The Labute approximate surface area is 155 Å². The van der Waals surface area contributed by atoms with E-state index in [0.29, 0.717) is 17.3 Å². The van der Waals surface area contributed by atoms with E-state index >= 15 is 0 Å². The summed E-state index contributed by atoms with van der Waals surface area (Å²) >= 11 is 6.30. The van der Waals surface area contributed by atoms with Crippen molar-refractivity contribution in [2.24, 2.45) is 7.05 Å². The van der Waals surface area contributed by atoms with E-state index in [1.165, 1.54) is 19.2 Å². The van der Waals surface area contributed by atoms with Crippen LogP contribution in [-0.2, 0) is 13.6 Å². The van der Waals surface area contributed by atoms with Gasteiger partial charge in [-0.05, 0) is 29.8 Å². The van der Waals surface area contributed by atoms with Crippen molar-refractivity contribution in [1.29, 1.82) is 0 Å². The van der Waals surface area contributed by atoms with Crippen molar-refractivity contribution >= 4 is 28.9 Å². The summed E-state index contributed by atoms with van der Waals surface area (Å²) in [6.45, 7) is 0.647. The van der Waals surface area contributed by atoms with Gasteiger partial charge in [-0.15, -0.1) is 0 Å². The number of carbonyl (C=O) groups is 1. The molecule has 2 aromatic carbocycles. The van der Waals surface area contributed by atoms with Gasteiger partial charge < -0.3 is 10.6 Å². The van der Waals surface area contributed by atoms with E-state index < -0.39 is 5.91 Å². The zero-order chi connectivity index (χ0) is 18.5. The first-order chi connectivity index (χ1) is 12.5. The predicted octanol–water partition coefficient (Wildman–Crippen LogP) is 3.30. The van der Waals surface area contributed by atoms with Crippen LogP contribution in [0.5, 0.6) is 0 Å². The molecule has 1 aromatic heterocycles. The molecule has 3 aromatic rings. The van der Waals surface area contributed by atoms with Crippen molar-refractivity contribution < 1.29 is 4.79 Å². The highest BCUT2D eigenvalue weighted by molar-refractivity contribution is 6.33. The molecule has 0 saturated carbocycles. The Hall–Kier alpha value is -3.12. The fourth-order valence-electron chi connectivity index (χ4n) is 2.35. The highest BCUT2D eigenvalue weighted by Gasteiger charge is 2.10. The minimum Gasteiger partial charge on any atom is -0.380 e. The lowest BCUT2D eigenvalue weighted by atomic mass is 10.2. The Morgan fingerprint density at radius 1 is 1.12 bits per heavy atom. The Kier molecular flexibility index (Phi) is 5.34. The summed E-state index contributed by atoms with van der Waals surface area (Å²) in [6.07, 6.45) is 0. The number of benzene rings is 2. The van der Waals surface area contributed by atoms with Crippen LogP contribution in [0.4, 0.5) is 11.4 Å². The van der Waals surface area contributed by atoms with Crippen LogP contribution in [-0.4, -0.2) is 15.7 Å². The molecule has 3 rings (SSSR count). The zero-order valence-electron chi connectivity index (χ0n) is 14.1. The number of anilines is 2. The maximum absolute atomic E-state index is 12.2. The summed E-state index contributed by atoms with van der Waals surface area (Å²) in [5.41, 5.74) is 2.32. The van der Waals surface area contributed by atoms with Crippen LogP contribution in [0.3, 0.4) is 0 Å². The molecule has 7 heteroatoms. The number of hydrogen-bond acceptors (Lipinski definition) is 4. The first-order valence-corrected chi connectivity index (χ1v) is 8.34. The van der Waals surface area contributed by atoms with Crippen molar-refractivity contribution in [3.8, 4) is 0 Å². The average molecular weight is 369 g/mol. The minimum atomic E-state index is -0.415. The molecule has 132 valence electrons. The summed E-state index contributed by atoms with van der Waals surface area (Å²) in [5.74, 6) is -0.415. The molecular weight excluding hydrogens is 352 g/mol. The quantitative estimate of drug-likeness (QED) is 0.724. The summed E-state index contributed by atoms with van der Waals surface area (Å²) in [4.78, 5) is 23.6. The average Bonchev–Trinajstić information content (AvgIpc) is 2.64. The van der Waals surface area contributed by atoms with E-state index in [-0.39, 0.29) is 11.3 Å². The highest BCUT2D eigenvalue weighted by Crippen LogP contribution is 2.26. The highest BCUT2D eigenvalue weighted by atomic mass is 35.5. The molecule has 6 nitrogen and oxygen atoms in total. The smallest absolute Gasteiger partial charge is 0.276 e. The van der Waals surface area contributed by atoms with E-state index in [1.54, 1.807) is 18.2 Å². The number of hydrogen-bond donors (Lipinski definition) is 2. The third kappa shape index (κ3) is 4.29. The molecule has 0 fully saturated rings. The molecule has 0 aliphatic rings. The van der Waals surface area contributed by atoms with Crippen LogP contribution in [0.15, 0.2) is 65.5 Å². The largest absolute Gasteiger partial charge is 0.380 e. The standard InChI is InChI=1S/C19H17ClN4O2/c1-24-18(25)10-9-17(23-24)19(26)22-14-7-8-16(15(20)11-14)21-12-13-5-3-2-4-6-13/h2-11,21H,12H2,1H3,(H,22,26). The fourth-order valence-corrected chi connectivity index (χ4v) is 2.60. The molecule has 0 bridgehead atoms. The van der Waals surface area contributed by atoms with Crippen LogP contribution in [0.25, 0.3) is 0 Å². The summed E-state index contributed by atoms with van der Waals surface area (Å²) in [7, 11) is 1.49. The van der Waals surface area contributed by atoms with E-state index in [2.05, 4.69) is 15.7 Å². The van der Waals surface area contributed by atoms with Gasteiger partial charge in [0.2, 0.25) is 0 Å². The van der Waals surface area contributed by atoms with Crippen molar-refractivity contribution in [1.82, 2.24) is 9.78 Å². The second-order valence-electron chi connectivity index (χ2n) is 5.67. The third-order valence-corrected chi connectivity index (χ3v) is 4.06. The third-order valence-electron chi connectivity index (χ3n) is 3.75. The molecule has 0 saturated heterocycles. The van der Waals surface area contributed by atoms with E-state index in [0.717, 1.165) is 15.9 Å². The Bertz CT molecular complexity index is 986. The first kappa shape index (κ1) is 17.7. The van der Waals surface area contributed by atoms with Gasteiger partial charge in [0.05, 0.1) is 10.7 Å². The van der Waals surface area contributed by atoms with Gasteiger partial charge in [-0.1, -0.05) is 41.9 Å². The van der Waals surface area contributed by atoms with Gasteiger partial charge >= 0.3 is 0 Å². The van der Waals surface area contributed by atoms with Crippen molar-refractivity contribution in [3.05, 3.63) is 87.3 Å². The van der Waals surface area contributed by atoms with E-state index in [1.807, 2.05) is 30.3 Å². The topological polar surface area (TPSA) is 76.0 Å². The molecule has 26 heavy (non-hydrogen) atoms. The number of aryl methyl sites for hydroxylation is 1. The van der Waals surface area contributed by atoms with Crippen molar-refractivity contribution in [2.75, 3.05) is 10.6 Å². The zero-order valence-corrected chi connectivity index (χ0v) is 14.8. The lowest BCUT2D eigenvalue weighted by Crippen LogP contribution is -2.23. The number of nitrogens with zero attached hydrogens (tertiary/aromatic N) is 2. The van der Waals surface area contributed by atoms with Gasteiger partial charge in [0.15, 0.2) is 0 Å². The van der Waals surface area contributed by atoms with E-state index in [9.17, 15) is 9.59 Å². The predicted molar refractivity (Wildman–Crippen MR) is 103 cm³/mol. The Morgan fingerprint density at radius 3 is 2.58 bits per heavy atom. The first-order valence-electron chi connectivity index (χ1n) is 7.96. The molecule has 0 aliphatic heterocycles. The van der Waals surface area contributed by atoms with Crippen LogP contribution in [0.1, 0.15) is 16.1 Å². The van der Waals surface area contributed by atoms with Gasteiger partial charge in [0.1, 0.15) is 5.69 Å². The van der Waals surface area contributed by atoms with Crippen molar-refractivity contribution in [3.63, 3.8) is 0 Å². The number of rotatable bonds is 5. The summed E-state index contributed by atoms with van der Waals surface area (Å²) < 4.78 is 1.11. The number of carbonyl (C=O) groups excluding carboxylic acids is 1. The fraction of sp³-hybridized carbons (Fsp3) is 0.105. The lowest BCUT2D eigenvalue weighted by Gasteiger charge is -2.11. The molecule has 0 aliphatic carbocycles. The Morgan fingerprint density at radius 2 is 1.88 bits per heavy atom. The molecule has 0 atom stereocenters. The molecule has 0 spiro atoms. The van der Waals surface area contributed by atoms with Crippen LogP contribution in [0.2, 0.25) is 5.02 Å². The lowest BCUT2D eigenvalue weighted by molar-refractivity contribution is 0.102. The molecule has 1 amide bonds. The van der Waals surface area contributed by atoms with E-state index in [4.69, 9.17) is 11.6 Å². The van der Waals surface area contributed by atoms with Crippen LogP contribution in [0, 0.1) is 0 Å². The number of amides is 1. The van der Waals surface area contributed by atoms with Crippen molar-refractivity contribution in [2.45, 2.75) is 6.54 Å². The molecule has 2 N–H and O–H groups in total. The van der Waals surface area contributed by atoms with Gasteiger partial charge in [0.25, 0.3) is 11.5 Å². The van der Waals surface area contributed by atoms with Gasteiger partial charge in [-0.3, -0.25) is 9.59 Å². The van der Waals surface area contributed by atoms with Gasteiger partial charge in [-0.25, -0.2) is 4.68 Å². The normalized spacial score (nSPS) is 10.4. The monoisotopic (exact) mass is 368 g/mol. The number of nitrogens with one attached hydrogen (secondary N) is 2.